The highest BCUT2D eigenvalue weighted by atomic mass is 16.5. The van der Waals surface area contributed by atoms with Crippen LogP contribution >= 0.6 is 0 Å². The van der Waals surface area contributed by atoms with Crippen LogP contribution in [0.25, 0.3) is 10.9 Å². The molecule has 154 valence electrons. The van der Waals surface area contributed by atoms with Crippen molar-refractivity contribution >= 4 is 16.6 Å². The molecule has 3 rings (SSSR count). The van der Waals surface area contributed by atoms with E-state index >= 15 is 0 Å². The van der Waals surface area contributed by atoms with E-state index in [9.17, 15) is 0 Å². The van der Waals surface area contributed by atoms with Gasteiger partial charge < -0.3 is 25.3 Å². The monoisotopic (exact) mass is 395 g/mol. The number of hydrogen-bond donors (Lipinski definition) is 2. The third-order valence-corrected chi connectivity index (χ3v) is 4.88. The zero-order valence-electron chi connectivity index (χ0n) is 17.5. The number of anilines is 1. The van der Waals surface area contributed by atoms with Crippen LogP contribution in [-0.2, 0) is 0 Å². The van der Waals surface area contributed by atoms with Crippen LogP contribution in [0, 0.1) is 6.92 Å². The molecule has 0 fully saturated rings. The topological polar surface area (TPSA) is 78.6 Å². The lowest BCUT2D eigenvalue weighted by molar-refractivity contribution is 0.380. The zero-order chi connectivity index (χ0) is 20.8. The Morgan fingerprint density at radius 2 is 1.79 bits per heavy atom. The lowest BCUT2D eigenvalue weighted by atomic mass is 10.1. The molecule has 0 radical (unpaired) electrons. The maximum absolute atomic E-state index is 6.25. The quantitative estimate of drug-likeness (QED) is 0.537. The Morgan fingerprint density at radius 3 is 2.45 bits per heavy atom. The summed E-state index contributed by atoms with van der Waals surface area (Å²) in [5.41, 5.74) is 8.50. The molecule has 6 heteroatoms. The van der Waals surface area contributed by atoms with Gasteiger partial charge in [0.1, 0.15) is 11.5 Å². The van der Waals surface area contributed by atoms with Gasteiger partial charge in [-0.3, -0.25) is 4.98 Å². The molecular weight excluding hydrogens is 366 g/mol. The van der Waals surface area contributed by atoms with Crippen LogP contribution in [0.4, 0.5) is 5.69 Å². The Kier molecular flexibility index (Phi) is 6.77. The Balaban J connectivity index is 2.06. The molecule has 6 nitrogen and oxygen atoms in total. The molecule has 0 amide bonds. The fraction of sp³-hybridized carbons (Fsp3) is 0.348. The molecule has 3 aromatic rings. The Labute approximate surface area is 172 Å². The molecule has 3 N–H and O–H groups in total. The van der Waals surface area contributed by atoms with Crippen molar-refractivity contribution in [3.8, 4) is 23.0 Å². The lowest BCUT2D eigenvalue weighted by Crippen LogP contribution is -2.17. The molecule has 0 aliphatic heterocycles. The summed E-state index contributed by atoms with van der Waals surface area (Å²) in [6.45, 7) is 4.87. The van der Waals surface area contributed by atoms with Crippen LogP contribution < -0.4 is 25.3 Å². The van der Waals surface area contributed by atoms with Gasteiger partial charge in [0.25, 0.3) is 0 Å². The second kappa shape index (κ2) is 9.47. The number of fused-ring (bicyclic) bond motifs is 1. The van der Waals surface area contributed by atoms with Crippen molar-refractivity contribution < 1.29 is 14.2 Å². The van der Waals surface area contributed by atoms with E-state index in [2.05, 4.69) is 17.2 Å². The van der Waals surface area contributed by atoms with E-state index in [1.54, 1.807) is 14.2 Å². The van der Waals surface area contributed by atoms with Crippen molar-refractivity contribution in [2.24, 2.45) is 5.73 Å². The molecule has 0 aliphatic rings. The van der Waals surface area contributed by atoms with E-state index in [-0.39, 0.29) is 6.04 Å². The molecule has 1 aromatic heterocycles. The summed E-state index contributed by atoms with van der Waals surface area (Å²) in [7, 11) is 3.29. The minimum Gasteiger partial charge on any atom is -0.497 e. The van der Waals surface area contributed by atoms with Crippen LogP contribution in [0.15, 0.2) is 42.6 Å². The molecular formula is C23H29N3O3. The molecule has 0 saturated carbocycles. The number of nitrogens with one attached hydrogen (secondary N) is 1. The highest BCUT2D eigenvalue weighted by molar-refractivity contribution is 5.99. The van der Waals surface area contributed by atoms with Gasteiger partial charge in [0.2, 0.25) is 0 Å². The Morgan fingerprint density at radius 1 is 1.07 bits per heavy atom. The van der Waals surface area contributed by atoms with Gasteiger partial charge >= 0.3 is 0 Å². The van der Waals surface area contributed by atoms with Crippen LogP contribution in [0.3, 0.4) is 0 Å². The molecule has 0 aliphatic carbocycles. The highest BCUT2D eigenvalue weighted by Crippen LogP contribution is 2.43. The maximum atomic E-state index is 6.25. The molecule has 1 unspecified atom stereocenters. The van der Waals surface area contributed by atoms with E-state index in [4.69, 9.17) is 19.9 Å². The number of pyridine rings is 1. The van der Waals surface area contributed by atoms with E-state index < -0.39 is 0 Å². The summed E-state index contributed by atoms with van der Waals surface area (Å²) in [5, 5.41) is 4.48. The summed E-state index contributed by atoms with van der Waals surface area (Å²) in [6, 6.07) is 11.7. The maximum Gasteiger partial charge on any atom is 0.179 e. The highest BCUT2D eigenvalue weighted by Gasteiger charge is 2.19. The van der Waals surface area contributed by atoms with Gasteiger partial charge in [0, 0.05) is 18.3 Å². The normalized spacial score (nSPS) is 11.9. The number of nitrogens with zero attached hydrogens (tertiary/aromatic N) is 1. The smallest absolute Gasteiger partial charge is 0.179 e. The summed E-state index contributed by atoms with van der Waals surface area (Å²) < 4.78 is 17.2. The van der Waals surface area contributed by atoms with Gasteiger partial charge in [-0.05, 0) is 69.1 Å². The lowest BCUT2D eigenvalue weighted by Gasteiger charge is -2.20. The Hall–Kier alpha value is -2.99. The fourth-order valence-corrected chi connectivity index (χ4v) is 3.32. The predicted molar refractivity (Wildman–Crippen MR) is 117 cm³/mol. The number of aryl methyl sites for hydroxylation is 1. The van der Waals surface area contributed by atoms with Gasteiger partial charge in [-0.1, -0.05) is 0 Å². The second-order valence-corrected chi connectivity index (χ2v) is 7.06. The van der Waals surface area contributed by atoms with E-state index in [1.165, 1.54) is 0 Å². The average molecular weight is 396 g/mol. The first kappa shape index (κ1) is 20.7. The summed E-state index contributed by atoms with van der Waals surface area (Å²) in [4.78, 5) is 4.64. The predicted octanol–water partition coefficient (Wildman–Crippen LogP) is 4.89. The van der Waals surface area contributed by atoms with Crippen molar-refractivity contribution in [1.29, 1.82) is 0 Å². The zero-order valence-corrected chi connectivity index (χ0v) is 17.5. The first-order chi connectivity index (χ1) is 14.1. The van der Waals surface area contributed by atoms with Gasteiger partial charge in [0.15, 0.2) is 11.5 Å². The fourth-order valence-electron chi connectivity index (χ4n) is 3.32. The molecule has 1 atom stereocenters. The van der Waals surface area contributed by atoms with Crippen molar-refractivity contribution in [2.45, 2.75) is 32.7 Å². The van der Waals surface area contributed by atoms with Crippen LogP contribution in [0.1, 0.15) is 25.3 Å². The molecule has 1 heterocycles. The number of benzene rings is 2. The standard InChI is InChI=1S/C23H29N3O3/c1-15-11-13-25-22-19(26-16(2)6-5-12-24)14-20(28-4)23(21(15)22)29-18-9-7-17(27-3)8-10-18/h7-11,13-14,16,26H,5-6,12,24H2,1-4H3. The minimum absolute atomic E-state index is 0.266. The summed E-state index contributed by atoms with van der Waals surface area (Å²) >= 11 is 0. The molecule has 0 bridgehead atoms. The van der Waals surface area contributed by atoms with Crippen molar-refractivity contribution in [3.63, 3.8) is 0 Å². The van der Waals surface area contributed by atoms with E-state index in [1.807, 2.05) is 49.5 Å². The average Bonchev–Trinajstić information content (AvgIpc) is 2.74. The van der Waals surface area contributed by atoms with Crippen molar-refractivity contribution in [1.82, 2.24) is 4.98 Å². The van der Waals surface area contributed by atoms with Crippen molar-refractivity contribution in [2.75, 3.05) is 26.1 Å². The molecule has 0 spiro atoms. The van der Waals surface area contributed by atoms with Gasteiger partial charge in [-0.25, -0.2) is 0 Å². The van der Waals surface area contributed by atoms with E-state index in [0.29, 0.717) is 23.8 Å². The first-order valence-electron chi connectivity index (χ1n) is 9.82. The van der Waals surface area contributed by atoms with E-state index in [0.717, 1.165) is 40.7 Å². The molecule has 2 aromatic carbocycles. The summed E-state index contributed by atoms with van der Waals surface area (Å²) in [6.07, 6.45) is 3.77. The Bertz CT molecular complexity index is 958. The first-order valence-corrected chi connectivity index (χ1v) is 9.82. The number of aromatic nitrogens is 1. The SMILES string of the molecule is COc1ccc(Oc2c(OC)cc(NC(C)CCCN)c3nccc(C)c23)cc1. The third kappa shape index (κ3) is 4.71. The number of nitrogens with two attached hydrogens (primary N) is 1. The number of ether oxygens (including phenoxy) is 3. The largest absolute Gasteiger partial charge is 0.497 e. The summed E-state index contributed by atoms with van der Waals surface area (Å²) in [5.74, 6) is 2.78. The van der Waals surface area contributed by atoms with Crippen LogP contribution in [-0.4, -0.2) is 31.8 Å². The molecule has 29 heavy (non-hydrogen) atoms. The number of methoxy groups -OCH3 is 2. The van der Waals surface area contributed by atoms with Crippen LogP contribution in [0.5, 0.6) is 23.0 Å². The molecule has 0 saturated heterocycles. The minimum atomic E-state index is 0.266. The van der Waals surface area contributed by atoms with Gasteiger partial charge in [-0.15, -0.1) is 0 Å². The van der Waals surface area contributed by atoms with Gasteiger partial charge in [0.05, 0.1) is 30.8 Å². The van der Waals surface area contributed by atoms with Crippen LogP contribution in [0.2, 0.25) is 0 Å². The number of rotatable bonds is 9. The van der Waals surface area contributed by atoms with Crippen molar-refractivity contribution in [3.05, 3.63) is 48.2 Å². The third-order valence-electron chi connectivity index (χ3n) is 4.88. The number of hydrogen-bond acceptors (Lipinski definition) is 6. The second-order valence-electron chi connectivity index (χ2n) is 7.06. The van der Waals surface area contributed by atoms with Gasteiger partial charge in [-0.2, -0.15) is 0 Å².